The highest BCUT2D eigenvalue weighted by Crippen LogP contribution is 2.25. The summed E-state index contributed by atoms with van der Waals surface area (Å²) in [6.07, 6.45) is 4.10. The number of likely N-dealkylation sites (tertiary alicyclic amines) is 1. The van der Waals surface area contributed by atoms with Crippen LogP contribution in [0.2, 0.25) is 5.02 Å². The summed E-state index contributed by atoms with van der Waals surface area (Å²) in [6, 6.07) is 11.4. The summed E-state index contributed by atoms with van der Waals surface area (Å²) in [5.41, 5.74) is 0.933. The van der Waals surface area contributed by atoms with Crippen LogP contribution in [0.4, 0.5) is 0 Å². The summed E-state index contributed by atoms with van der Waals surface area (Å²) >= 11 is 6.10. The zero-order valence-electron chi connectivity index (χ0n) is 16.4. The molecule has 1 fully saturated rings. The molecule has 0 atom stereocenters. The van der Waals surface area contributed by atoms with Crippen molar-refractivity contribution in [3.63, 3.8) is 0 Å². The lowest BCUT2D eigenvalue weighted by atomic mass is 10.1. The normalized spacial score (nSPS) is 15.0. The fourth-order valence-corrected chi connectivity index (χ4v) is 4.60. The molecule has 1 heterocycles. The molecule has 0 aliphatic carbocycles. The molecule has 2 aromatic carbocycles. The molecule has 156 valence electrons. The molecule has 3 rings (SSSR count). The molecule has 0 spiro atoms. The molecule has 8 heteroatoms. The van der Waals surface area contributed by atoms with Crippen LogP contribution in [0.1, 0.15) is 41.6 Å². The first-order chi connectivity index (χ1) is 13.9. The Bertz CT molecular complexity index is 970. The number of rotatable bonds is 6. The molecule has 0 saturated carbocycles. The van der Waals surface area contributed by atoms with E-state index in [4.69, 9.17) is 16.3 Å². The van der Waals surface area contributed by atoms with Gasteiger partial charge in [-0.05, 0) is 42.7 Å². The van der Waals surface area contributed by atoms with Crippen molar-refractivity contribution < 1.29 is 17.9 Å². The van der Waals surface area contributed by atoms with Crippen molar-refractivity contribution >= 4 is 27.5 Å². The number of ether oxygens (including phenoxy) is 1. The van der Waals surface area contributed by atoms with E-state index in [0.29, 0.717) is 29.4 Å². The lowest BCUT2D eigenvalue weighted by Crippen LogP contribution is -2.32. The zero-order valence-corrected chi connectivity index (χ0v) is 17.9. The zero-order chi connectivity index (χ0) is 20.9. The molecule has 0 radical (unpaired) electrons. The van der Waals surface area contributed by atoms with E-state index >= 15 is 0 Å². The first kappa shape index (κ1) is 21.6. The van der Waals surface area contributed by atoms with Gasteiger partial charge in [0, 0.05) is 24.7 Å². The van der Waals surface area contributed by atoms with Gasteiger partial charge >= 0.3 is 0 Å². The van der Waals surface area contributed by atoms with Gasteiger partial charge < -0.3 is 9.64 Å². The monoisotopic (exact) mass is 436 g/mol. The molecule has 29 heavy (non-hydrogen) atoms. The van der Waals surface area contributed by atoms with Crippen molar-refractivity contribution in [1.29, 1.82) is 0 Å². The van der Waals surface area contributed by atoms with E-state index < -0.39 is 10.0 Å². The molecule has 0 aromatic heterocycles. The maximum atomic E-state index is 13.0. The van der Waals surface area contributed by atoms with Crippen LogP contribution in [0.25, 0.3) is 0 Å². The molecule has 6 nitrogen and oxygen atoms in total. The Hall–Kier alpha value is -2.09. The van der Waals surface area contributed by atoms with Crippen LogP contribution >= 0.6 is 11.6 Å². The number of carbonyl (C=O) groups excluding carboxylic acids is 1. The van der Waals surface area contributed by atoms with Crippen molar-refractivity contribution in [1.82, 2.24) is 9.62 Å². The van der Waals surface area contributed by atoms with Crippen molar-refractivity contribution in [2.24, 2.45) is 0 Å². The van der Waals surface area contributed by atoms with E-state index in [-0.39, 0.29) is 22.9 Å². The summed E-state index contributed by atoms with van der Waals surface area (Å²) in [4.78, 5) is 14.8. The number of hydrogen-bond acceptors (Lipinski definition) is 4. The summed E-state index contributed by atoms with van der Waals surface area (Å²) in [6.45, 7) is 1.40. The van der Waals surface area contributed by atoms with Crippen LogP contribution in [-0.2, 0) is 16.6 Å². The van der Waals surface area contributed by atoms with Crippen LogP contribution in [0.15, 0.2) is 47.4 Å². The lowest BCUT2D eigenvalue weighted by Gasteiger charge is -2.22. The fraction of sp³-hybridized carbons (Fsp3) is 0.381. The predicted molar refractivity (Wildman–Crippen MR) is 113 cm³/mol. The third-order valence-corrected chi connectivity index (χ3v) is 6.78. The van der Waals surface area contributed by atoms with Gasteiger partial charge in [0.1, 0.15) is 5.75 Å². The Morgan fingerprint density at radius 2 is 1.79 bits per heavy atom. The van der Waals surface area contributed by atoms with Gasteiger partial charge in [-0.25, -0.2) is 13.1 Å². The highest BCUT2D eigenvalue weighted by Gasteiger charge is 2.24. The number of amides is 1. The molecule has 1 aliphatic rings. The van der Waals surface area contributed by atoms with E-state index in [1.807, 2.05) is 0 Å². The van der Waals surface area contributed by atoms with Crippen LogP contribution in [0.3, 0.4) is 0 Å². The molecule has 0 bridgehead atoms. The largest absolute Gasteiger partial charge is 0.496 e. The molecule has 1 aliphatic heterocycles. The predicted octanol–water partition coefficient (Wildman–Crippen LogP) is 3.84. The highest BCUT2D eigenvalue weighted by molar-refractivity contribution is 7.89. The van der Waals surface area contributed by atoms with Crippen molar-refractivity contribution in [3.05, 3.63) is 58.6 Å². The smallest absolute Gasteiger partial charge is 0.257 e. The van der Waals surface area contributed by atoms with Crippen molar-refractivity contribution in [2.75, 3.05) is 20.2 Å². The van der Waals surface area contributed by atoms with Crippen LogP contribution in [-0.4, -0.2) is 39.4 Å². The first-order valence-electron chi connectivity index (χ1n) is 9.63. The number of nitrogens with zero attached hydrogens (tertiary/aromatic N) is 1. The van der Waals surface area contributed by atoms with Gasteiger partial charge in [0.15, 0.2) is 0 Å². The second-order valence-corrected chi connectivity index (χ2v) is 9.16. The second-order valence-electron chi connectivity index (χ2n) is 6.98. The minimum atomic E-state index is -3.83. The van der Waals surface area contributed by atoms with Gasteiger partial charge in [0.2, 0.25) is 10.0 Å². The van der Waals surface area contributed by atoms with E-state index in [2.05, 4.69) is 4.72 Å². The quantitative estimate of drug-likeness (QED) is 0.746. The van der Waals surface area contributed by atoms with E-state index in [0.717, 1.165) is 25.7 Å². The van der Waals surface area contributed by atoms with E-state index in [9.17, 15) is 13.2 Å². The molecular weight excluding hydrogens is 412 g/mol. The number of nitrogens with one attached hydrogen (secondary N) is 1. The van der Waals surface area contributed by atoms with Gasteiger partial charge in [0.25, 0.3) is 5.91 Å². The number of hydrogen-bond donors (Lipinski definition) is 1. The Morgan fingerprint density at radius 3 is 2.45 bits per heavy atom. The van der Waals surface area contributed by atoms with Gasteiger partial charge in [-0.15, -0.1) is 0 Å². The lowest BCUT2D eigenvalue weighted by molar-refractivity contribution is 0.0758. The Morgan fingerprint density at radius 1 is 1.10 bits per heavy atom. The summed E-state index contributed by atoms with van der Waals surface area (Å²) in [7, 11) is -2.36. The SMILES string of the molecule is COc1ccc(S(=O)(=O)NCc2ccccc2Cl)cc1C(=O)N1CCCCCC1. The average molecular weight is 437 g/mol. The Kier molecular flexibility index (Phi) is 7.16. The second kappa shape index (κ2) is 9.61. The van der Waals surface area contributed by atoms with Crippen LogP contribution in [0.5, 0.6) is 5.75 Å². The minimum Gasteiger partial charge on any atom is -0.496 e. The van der Waals surface area contributed by atoms with E-state index in [1.165, 1.54) is 25.3 Å². The van der Waals surface area contributed by atoms with E-state index in [1.54, 1.807) is 29.2 Å². The average Bonchev–Trinajstić information content (AvgIpc) is 3.02. The number of benzene rings is 2. The Labute approximate surface area is 176 Å². The maximum Gasteiger partial charge on any atom is 0.257 e. The van der Waals surface area contributed by atoms with Gasteiger partial charge in [-0.2, -0.15) is 0 Å². The molecule has 2 aromatic rings. The number of sulfonamides is 1. The molecule has 1 N–H and O–H groups in total. The number of carbonyl (C=O) groups is 1. The summed E-state index contributed by atoms with van der Waals surface area (Å²) in [5.74, 6) is 0.163. The van der Waals surface area contributed by atoms with Crippen LogP contribution in [0, 0.1) is 0 Å². The number of methoxy groups -OCH3 is 1. The fourth-order valence-electron chi connectivity index (χ4n) is 3.36. The minimum absolute atomic E-state index is 0.0172. The Balaban J connectivity index is 1.84. The molecule has 0 unspecified atom stereocenters. The first-order valence-corrected chi connectivity index (χ1v) is 11.5. The van der Waals surface area contributed by atoms with Crippen LogP contribution < -0.4 is 9.46 Å². The van der Waals surface area contributed by atoms with Gasteiger partial charge in [-0.3, -0.25) is 4.79 Å². The maximum absolute atomic E-state index is 13.0. The number of halogens is 1. The van der Waals surface area contributed by atoms with Gasteiger partial charge in [-0.1, -0.05) is 42.6 Å². The topological polar surface area (TPSA) is 75.7 Å². The third kappa shape index (κ3) is 5.29. The molecular formula is C21H25ClN2O4S. The summed E-state index contributed by atoms with van der Waals surface area (Å²) < 4.78 is 33.5. The van der Waals surface area contributed by atoms with Crippen molar-refractivity contribution in [3.8, 4) is 5.75 Å². The highest BCUT2D eigenvalue weighted by atomic mass is 35.5. The summed E-state index contributed by atoms with van der Waals surface area (Å²) in [5, 5.41) is 0.488. The van der Waals surface area contributed by atoms with Gasteiger partial charge in [0.05, 0.1) is 17.6 Å². The molecule has 1 amide bonds. The standard InChI is InChI=1S/C21H25ClN2O4S/c1-28-20-11-10-17(14-18(20)21(25)24-12-6-2-3-7-13-24)29(26,27)23-15-16-8-4-5-9-19(16)22/h4-5,8-11,14,23H,2-3,6-7,12-13,15H2,1H3. The molecule has 1 saturated heterocycles. The third-order valence-electron chi connectivity index (χ3n) is 5.02. The van der Waals surface area contributed by atoms with Crippen molar-refractivity contribution in [2.45, 2.75) is 37.1 Å².